The van der Waals surface area contributed by atoms with E-state index in [0.717, 1.165) is 37.9 Å². The lowest BCUT2D eigenvalue weighted by atomic mass is 9.96. The number of carbonyl (C=O) groups excluding carboxylic acids is 2. The van der Waals surface area contributed by atoms with Crippen LogP contribution in [0.15, 0.2) is 54.6 Å². The van der Waals surface area contributed by atoms with Crippen LogP contribution in [0.1, 0.15) is 35.8 Å². The van der Waals surface area contributed by atoms with Gasteiger partial charge in [-0.25, -0.2) is 4.98 Å². The highest BCUT2D eigenvalue weighted by Crippen LogP contribution is 2.34. The molecule has 3 heterocycles. The molecule has 0 radical (unpaired) electrons. The van der Waals surface area contributed by atoms with E-state index in [1.165, 1.54) is 15.3 Å². The fourth-order valence-electron chi connectivity index (χ4n) is 4.73. The second-order valence-electron chi connectivity index (χ2n) is 8.60. The van der Waals surface area contributed by atoms with Gasteiger partial charge in [-0.1, -0.05) is 42.5 Å². The standard InChI is InChI=1S/C25H27N3O2S/c29-23-16-20(17-28(23)13-10-18-6-2-1-3-7-18)25(30)27-14-11-19(12-15-27)24-26-21-8-4-5-9-22(21)31-24/h1-9,19-20H,10-17H2. The molecule has 1 atom stereocenters. The maximum absolute atomic E-state index is 13.1. The highest BCUT2D eigenvalue weighted by Gasteiger charge is 2.37. The minimum absolute atomic E-state index is 0.110. The number of nitrogens with zero attached hydrogens (tertiary/aromatic N) is 3. The molecule has 2 aromatic carbocycles. The number of piperidine rings is 1. The van der Waals surface area contributed by atoms with Crippen LogP contribution in [0.3, 0.4) is 0 Å². The number of amides is 2. The van der Waals surface area contributed by atoms with Gasteiger partial charge in [0.15, 0.2) is 0 Å². The van der Waals surface area contributed by atoms with Crippen LogP contribution in [0.4, 0.5) is 0 Å². The Morgan fingerprint density at radius 1 is 1.03 bits per heavy atom. The Labute approximate surface area is 186 Å². The first kappa shape index (κ1) is 20.2. The molecule has 2 fully saturated rings. The van der Waals surface area contributed by atoms with Crippen molar-refractivity contribution in [3.63, 3.8) is 0 Å². The molecule has 2 aliphatic rings. The molecule has 31 heavy (non-hydrogen) atoms. The van der Waals surface area contributed by atoms with Gasteiger partial charge in [0.1, 0.15) is 0 Å². The maximum atomic E-state index is 13.1. The van der Waals surface area contributed by atoms with Crippen LogP contribution in [0.2, 0.25) is 0 Å². The van der Waals surface area contributed by atoms with Crippen LogP contribution in [0, 0.1) is 5.92 Å². The van der Waals surface area contributed by atoms with Gasteiger partial charge in [-0.3, -0.25) is 9.59 Å². The molecule has 0 saturated carbocycles. The second-order valence-corrected chi connectivity index (χ2v) is 9.66. The van der Waals surface area contributed by atoms with Gasteiger partial charge in [0.05, 0.1) is 21.1 Å². The van der Waals surface area contributed by atoms with E-state index in [1.807, 2.05) is 34.1 Å². The van der Waals surface area contributed by atoms with E-state index < -0.39 is 0 Å². The van der Waals surface area contributed by atoms with Gasteiger partial charge in [-0.05, 0) is 37.0 Å². The highest BCUT2D eigenvalue weighted by molar-refractivity contribution is 7.18. The summed E-state index contributed by atoms with van der Waals surface area (Å²) in [6, 6.07) is 18.5. The number of hydrogen-bond acceptors (Lipinski definition) is 4. The minimum Gasteiger partial charge on any atom is -0.342 e. The second kappa shape index (κ2) is 8.79. The molecule has 5 rings (SSSR count). The lowest BCUT2D eigenvalue weighted by Crippen LogP contribution is -2.42. The van der Waals surface area contributed by atoms with Crippen molar-refractivity contribution in [3.05, 3.63) is 65.2 Å². The third kappa shape index (κ3) is 4.35. The number of fused-ring (bicyclic) bond motifs is 1. The molecule has 2 amide bonds. The third-order valence-electron chi connectivity index (χ3n) is 6.54. The Morgan fingerprint density at radius 3 is 2.55 bits per heavy atom. The van der Waals surface area contributed by atoms with Crippen LogP contribution in [0.25, 0.3) is 10.2 Å². The molecule has 0 bridgehead atoms. The Balaban J connectivity index is 1.14. The van der Waals surface area contributed by atoms with Crippen molar-refractivity contribution in [2.75, 3.05) is 26.2 Å². The predicted octanol–water partition coefficient (Wildman–Crippen LogP) is 4.09. The van der Waals surface area contributed by atoms with Crippen molar-refractivity contribution >= 4 is 33.4 Å². The summed E-state index contributed by atoms with van der Waals surface area (Å²) in [6.45, 7) is 2.76. The Bertz CT molecular complexity index is 1040. The lowest BCUT2D eigenvalue weighted by molar-refractivity contribution is -0.136. The molecule has 0 aliphatic carbocycles. The smallest absolute Gasteiger partial charge is 0.227 e. The van der Waals surface area contributed by atoms with E-state index >= 15 is 0 Å². The number of likely N-dealkylation sites (tertiary alicyclic amines) is 2. The molecule has 1 unspecified atom stereocenters. The summed E-state index contributed by atoms with van der Waals surface area (Å²) in [4.78, 5) is 34.2. The quantitative estimate of drug-likeness (QED) is 0.609. The van der Waals surface area contributed by atoms with Crippen LogP contribution in [-0.2, 0) is 16.0 Å². The average molecular weight is 434 g/mol. The van der Waals surface area contributed by atoms with Crippen molar-refractivity contribution in [2.24, 2.45) is 5.92 Å². The fraction of sp³-hybridized carbons (Fsp3) is 0.400. The molecule has 1 aromatic heterocycles. The molecule has 160 valence electrons. The summed E-state index contributed by atoms with van der Waals surface area (Å²) in [7, 11) is 0. The van der Waals surface area contributed by atoms with Crippen LogP contribution in [-0.4, -0.2) is 52.8 Å². The zero-order valence-corrected chi connectivity index (χ0v) is 18.4. The number of carbonyl (C=O) groups is 2. The van der Waals surface area contributed by atoms with E-state index in [0.29, 0.717) is 25.4 Å². The summed E-state index contributed by atoms with van der Waals surface area (Å²) in [5, 5.41) is 1.19. The van der Waals surface area contributed by atoms with Crippen molar-refractivity contribution in [1.29, 1.82) is 0 Å². The number of benzene rings is 2. The first-order valence-electron chi connectivity index (χ1n) is 11.1. The van der Waals surface area contributed by atoms with E-state index in [1.54, 1.807) is 11.3 Å². The van der Waals surface area contributed by atoms with Gasteiger partial charge < -0.3 is 9.80 Å². The molecule has 2 aliphatic heterocycles. The summed E-state index contributed by atoms with van der Waals surface area (Å²) in [5.74, 6) is 0.494. The van der Waals surface area contributed by atoms with Crippen molar-refractivity contribution in [2.45, 2.75) is 31.6 Å². The zero-order valence-electron chi connectivity index (χ0n) is 17.6. The topological polar surface area (TPSA) is 53.5 Å². The number of thiazole rings is 1. The van der Waals surface area contributed by atoms with Gasteiger partial charge in [0, 0.05) is 38.5 Å². The Kier molecular flexibility index (Phi) is 5.72. The van der Waals surface area contributed by atoms with Crippen molar-refractivity contribution < 1.29 is 9.59 Å². The summed E-state index contributed by atoms with van der Waals surface area (Å²) < 4.78 is 1.23. The summed E-state index contributed by atoms with van der Waals surface area (Å²) >= 11 is 1.78. The van der Waals surface area contributed by atoms with E-state index in [-0.39, 0.29) is 17.7 Å². The number of rotatable bonds is 5. The van der Waals surface area contributed by atoms with Gasteiger partial charge in [-0.2, -0.15) is 0 Å². The van der Waals surface area contributed by atoms with Crippen LogP contribution in [0.5, 0.6) is 0 Å². The number of hydrogen-bond donors (Lipinski definition) is 0. The van der Waals surface area contributed by atoms with Gasteiger partial charge >= 0.3 is 0 Å². The first-order chi connectivity index (χ1) is 15.2. The van der Waals surface area contributed by atoms with Gasteiger partial charge in [0.2, 0.25) is 11.8 Å². The zero-order chi connectivity index (χ0) is 21.2. The summed E-state index contributed by atoms with van der Waals surface area (Å²) in [5.41, 5.74) is 2.29. The minimum atomic E-state index is -0.192. The van der Waals surface area contributed by atoms with Crippen molar-refractivity contribution in [1.82, 2.24) is 14.8 Å². The average Bonchev–Trinajstić information content (AvgIpc) is 3.41. The van der Waals surface area contributed by atoms with Crippen LogP contribution < -0.4 is 0 Å². The number of para-hydroxylation sites is 1. The SMILES string of the molecule is O=C1CC(C(=O)N2CCC(c3nc4ccccc4s3)CC2)CN1CCc1ccccc1. The van der Waals surface area contributed by atoms with E-state index in [9.17, 15) is 9.59 Å². The lowest BCUT2D eigenvalue weighted by Gasteiger charge is -2.32. The molecule has 3 aromatic rings. The molecule has 5 nitrogen and oxygen atoms in total. The van der Waals surface area contributed by atoms with Crippen molar-refractivity contribution in [3.8, 4) is 0 Å². The van der Waals surface area contributed by atoms with Crippen LogP contribution >= 0.6 is 11.3 Å². The third-order valence-corrected chi connectivity index (χ3v) is 7.74. The van der Waals surface area contributed by atoms with Gasteiger partial charge in [-0.15, -0.1) is 11.3 Å². The van der Waals surface area contributed by atoms with E-state index in [4.69, 9.17) is 4.98 Å². The summed E-state index contributed by atoms with van der Waals surface area (Å²) in [6.07, 6.45) is 3.08. The normalized spacial score (nSPS) is 20.0. The molecule has 6 heteroatoms. The first-order valence-corrected chi connectivity index (χ1v) is 11.9. The van der Waals surface area contributed by atoms with Gasteiger partial charge in [0.25, 0.3) is 0 Å². The molecule has 0 N–H and O–H groups in total. The predicted molar refractivity (Wildman–Crippen MR) is 123 cm³/mol. The molecular weight excluding hydrogens is 406 g/mol. The van der Waals surface area contributed by atoms with E-state index in [2.05, 4.69) is 30.3 Å². The fourth-order valence-corrected chi connectivity index (χ4v) is 5.87. The molecule has 2 saturated heterocycles. The molecule has 0 spiro atoms. The maximum Gasteiger partial charge on any atom is 0.227 e. The largest absolute Gasteiger partial charge is 0.342 e. The Morgan fingerprint density at radius 2 is 1.77 bits per heavy atom. The number of aromatic nitrogens is 1. The monoisotopic (exact) mass is 433 g/mol. The molecular formula is C25H27N3O2S. The highest BCUT2D eigenvalue weighted by atomic mass is 32.1. The Hall–Kier alpha value is -2.73.